The third kappa shape index (κ3) is 3.41. The number of amides is 1. The van der Waals surface area contributed by atoms with Gasteiger partial charge in [-0.1, -0.05) is 11.6 Å². The maximum atomic E-state index is 11.9. The molecule has 1 aliphatic rings. The summed E-state index contributed by atoms with van der Waals surface area (Å²) < 4.78 is 0.790. The molecule has 2 heterocycles. The van der Waals surface area contributed by atoms with Crippen molar-refractivity contribution in [3.8, 4) is 0 Å². The van der Waals surface area contributed by atoms with Gasteiger partial charge in [-0.15, -0.1) is 23.1 Å². The fourth-order valence-electron chi connectivity index (χ4n) is 1.95. The van der Waals surface area contributed by atoms with E-state index in [2.05, 4.69) is 19.0 Å². The molecule has 0 radical (unpaired) electrons. The molecule has 0 N–H and O–H groups in total. The maximum absolute atomic E-state index is 11.9. The van der Waals surface area contributed by atoms with Crippen LogP contribution in [0.5, 0.6) is 0 Å². The van der Waals surface area contributed by atoms with Gasteiger partial charge < -0.3 is 9.80 Å². The Kier molecular flexibility index (Phi) is 4.95. The van der Waals surface area contributed by atoms with Crippen LogP contribution >= 0.6 is 34.7 Å². The topological polar surface area (TPSA) is 23.6 Å². The summed E-state index contributed by atoms with van der Waals surface area (Å²) in [5, 5.41) is 0.164. The van der Waals surface area contributed by atoms with Crippen LogP contribution in [0.2, 0.25) is 4.34 Å². The highest BCUT2D eigenvalue weighted by Crippen LogP contribution is 2.42. The van der Waals surface area contributed by atoms with Crippen molar-refractivity contribution in [1.29, 1.82) is 0 Å². The van der Waals surface area contributed by atoms with Crippen LogP contribution in [-0.2, 0) is 4.79 Å². The van der Waals surface area contributed by atoms with Crippen LogP contribution in [0.25, 0.3) is 0 Å². The second-order valence-corrected chi connectivity index (χ2v) is 7.36. The first-order chi connectivity index (χ1) is 8.58. The SMILES string of the molecule is CN(C)CCCN1C(=O)CSC1c1ccc(Cl)s1. The monoisotopic (exact) mass is 304 g/mol. The Bertz CT molecular complexity index is 422. The van der Waals surface area contributed by atoms with Crippen LogP contribution in [0.3, 0.4) is 0 Å². The molecule has 1 aliphatic heterocycles. The van der Waals surface area contributed by atoms with E-state index in [1.54, 1.807) is 23.1 Å². The lowest BCUT2D eigenvalue weighted by molar-refractivity contribution is -0.128. The van der Waals surface area contributed by atoms with Crippen LogP contribution in [0.4, 0.5) is 0 Å². The van der Waals surface area contributed by atoms with Gasteiger partial charge in [0.1, 0.15) is 5.37 Å². The van der Waals surface area contributed by atoms with Gasteiger partial charge in [0, 0.05) is 11.4 Å². The summed E-state index contributed by atoms with van der Waals surface area (Å²) in [5.41, 5.74) is 0. The van der Waals surface area contributed by atoms with Crippen molar-refractivity contribution in [2.45, 2.75) is 11.8 Å². The van der Waals surface area contributed by atoms with Crippen molar-refractivity contribution in [3.63, 3.8) is 0 Å². The molecule has 3 nitrogen and oxygen atoms in total. The summed E-state index contributed by atoms with van der Waals surface area (Å²) in [7, 11) is 4.11. The van der Waals surface area contributed by atoms with Gasteiger partial charge in [-0.3, -0.25) is 4.79 Å². The predicted molar refractivity (Wildman–Crippen MR) is 79.4 cm³/mol. The molecule has 0 spiro atoms. The third-order valence-corrected chi connectivity index (χ3v) is 5.48. The Hall–Kier alpha value is -0.230. The Balaban J connectivity index is 1.99. The Morgan fingerprint density at radius 3 is 2.89 bits per heavy atom. The second-order valence-electron chi connectivity index (χ2n) is 4.55. The van der Waals surface area contributed by atoms with Gasteiger partial charge in [-0.2, -0.15) is 0 Å². The zero-order valence-corrected chi connectivity index (χ0v) is 12.9. The predicted octanol–water partition coefficient (Wildman–Crippen LogP) is 2.93. The number of rotatable bonds is 5. The molecule has 0 aromatic carbocycles. The number of halogens is 1. The highest BCUT2D eigenvalue weighted by Gasteiger charge is 2.33. The lowest BCUT2D eigenvalue weighted by atomic mass is 10.3. The van der Waals surface area contributed by atoms with Crippen molar-refractivity contribution in [3.05, 3.63) is 21.3 Å². The van der Waals surface area contributed by atoms with Gasteiger partial charge in [0.25, 0.3) is 0 Å². The van der Waals surface area contributed by atoms with Crippen LogP contribution in [-0.4, -0.2) is 48.6 Å². The minimum Gasteiger partial charge on any atom is -0.325 e. The standard InChI is InChI=1S/C12H17ClN2OS2/c1-14(2)6-3-7-15-11(16)8-17-12(15)9-4-5-10(13)18-9/h4-5,12H,3,6-8H2,1-2H3. The van der Waals surface area contributed by atoms with Crippen molar-refractivity contribution in [2.24, 2.45) is 0 Å². The quantitative estimate of drug-likeness (QED) is 0.835. The van der Waals surface area contributed by atoms with E-state index in [9.17, 15) is 4.79 Å². The van der Waals surface area contributed by atoms with E-state index in [0.717, 1.165) is 23.8 Å². The van der Waals surface area contributed by atoms with E-state index in [-0.39, 0.29) is 11.3 Å². The van der Waals surface area contributed by atoms with E-state index in [1.165, 1.54) is 4.88 Å². The zero-order chi connectivity index (χ0) is 13.1. The van der Waals surface area contributed by atoms with Gasteiger partial charge in [0.05, 0.1) is 10.1 Å². The largest absolute Gasteiger partial charge is 0.325 e. The Labute approximate surface area is 121 Å². The molecule has 1 aromatic rings. The summed E-state index contributed by atoms with van der Waals surface area (Å²) in [6.45, 7) is 1.83. The number of hydrogen-bond donors (Lipinski definition) is 0. The van der Waals surface area contributed by atoms with Crippen LogP contribution in [0.15, 0.2) is 12.1 Å². The van der Waals surface area contributed by atoms with Gasteiger partial charge in [0.2, 0.25) is 5.91 Å². The van der Waals surface area contributed by atoms with Crippen molar-refractivity contribution < 1.29 is 4.79 Å². The molecule has 1 amide bonds. The Morgan fingerprint density at radius 2 is 2.28 bits per heavy atom. The Morgan fingerprint density at radius 1 is 1.50 bits per heavy atom. The number of nitrogens with zero attached hydrogens (tertiary/aromatic N) is 2. The number of carbonyl (C=O) groups excluding carboxylic acids is 1. The molecule has 0 saturated carbocycles. The smallest absolute Gasteiger partial charge is 0.233 e. The molecule has 1 saturated heterocycles. The lowest BCUT2D eigenvalue weighted by Crippen LogP contribution is -2.30. The fourth-order valence-corrected chi connectivity index (χ4v) is 4.47. The highest BCUT2D eigenvalue weighted by molar-refractivity contribution is 8.00. The normalized spacial score (nSPS) is 20.1. The van der Waals surface area contributed by atoms with Gasteiger partial charge in [-0.05, 0) is 39.2 Å². The molecule has 1 aromatic heterocycles. The van der Waals surface area contributed by atoms with Crippen molar-refractivity contribution in [2.75, 3.05) is 32.9 Å². The maximum Gasteiger partial charge on any atom is 0.233 e. The summed E-state index contributed by atoms with van der Waals surface area (Å²) in [6, 6.07) is 3.94. The molecular formula is C12H17ClN2OS2. The molecule has 2 rings (SSSR count). The van der Waals surface area contributed by atoms with Crippen molar-refractivity contribution in [1.82, 2.24) is 9.80 Å². The summed E-state index contributed by atoms with van der Waals surface area (Å²) in [4.78, 5) is 17.2. The van der Waals surface area contributed by atoms with E-state index >= 15 is 0 Å². The number of thioether (sulfide) groups is 1. The molecule has 6 heteroatoms. The first kappa shape index (κ1) is 14.2. The average Bonchev–Trinajstić information content (AvgIpc) is 2.86. The molecule has 100 valence electrons. The molecular weight excluding hydrogens is 288 g/mol. The number of carbonyl (C=O) groups is 1. The molecule has 1 fully saturated rings. The lowest BCUT2D eigenvalue weighted by Gasteiger charge is -2.23. The summed E-state index contributed by atoms with van der Waals surface area (Å²) in [5.74, 6) is 0.829. The minimum atomic E-state index is 0.164. The molecule has 0 aliphatic carbocycles. The van der Waals surface area contributed by atoms with Crippen LogP contribution in [0, 0.1) is 0 Å². The van der Waals surface area contributed by atoms with E-state index in [4.69, 9.17) is 11.6 Å². The van der Waals surface area contributed by atoms with Crippen LogP contribution < -0.4 is 0 Å². The molecule has 1 atom stereocenters. The molecule has 18 heavy (non-hydrogen) atoms. The number of hydrogen-bond acceptors (Lipinski definition) is 4. The first-order valence-corrected chi connectivity index (χ1v) is 8.13. The van der Waals surface area contributed by atoms with E-state index in [1.807, 2.05) is 17.0 Å². The van der Waals surface area contributed by atoms with Gasteiger partial charge >= 0.3 is 0 Å². The summed E-state index contributed by atoms with van der Waals surface area (Å²) in [6.07, 6.45) is 1.01. The zero-order valence-electron chi connectivity index (χ0n) is 10.6. The minimum absolute atomic E-state index is 0.164. The molecule has 0 bridgehead atoms. The second kappa shape index (κ2) is 6.28. The van der Waals surface area contributed by atoms with Crippen molar-refractivity contribution >= 4 is 40.6 Å². The van der Waals surface area contributed by atoms with Gasteiger partial charge in [-0.25, -0.2) is 0 Å². The van der Waals surface area contributed by atoms with Crippen LogP contribution in [0.1, 0.15) is 16.7 Å². The van der Waals surface area contributed by atoms with E-state index in [0.29, 0.717) is 5.75 Å². The number of thiophene rings is 1. The fraction of sp³-hybridized carbons (Fsp3) is 0.583. The van der Waals surface area contributed by atoms with Gasteiger partial charge in [0.15, 0.2) is 0 Å². The van der Waals surface area contributed by atoms with E-state index < -0.39 is 0 Å². The summed E-state index contributed by atoms with van der Waals surface area (Å²) >= 11 is 9.24. The third-order valence-electron chi connectivity index (χ3n) is 2.81. The first-order valence-electron chi connectivity index (χ1n) is 5.89. The molecule has 1 unspecified atom stereocenters. The highest BCUT2D eigenvalue weighted by atomic mass is 35.5. The average molecular weight is 305 g/mol.